The molecule has 1 aromatic carbocycles. The molecule has 4 heterocycles. The molecule has 188 valence electrons. The molecule has 36 heavy (non-hydrogen) atoms. The Morgan fingerprint density at radius 1 is 0.944 bits per heavy atom. The number of benzene rings is 1. The summed E-state index contributed by atoms with van der Waals surface area (Å²) in [5.41, 5.74) is 3.78. The number of fused-ring (bicyclic) bond motifs is 1. The summed E-state index contributed by atoms with van der Waals surface area (Å²) in [5.74, 6) is 1.72. The number of hydrogen-bond donors (Lipinski definition) is 1. The summed E-state index contributed by atoms with van der Waals surface area (Å²) < 4.78 is 17.0. The topological polar surface area (TPSA) is 75.0 Å². The molecule has 1 saturated heterocycles. The molecule has 0 unspecified atom stereocenters. The lowest BCUT2D eigenvalue weighted by atomic mass is 10.1. The number of likely N-dealkylation sites (N-methyl/N-ethyl adjacent to an activating group) is 1. The van der Waals surface area contributed by atoms with Gasteiger partial charge in [-0.25, -0.2) is 14.4 Å². The molecule has 0 atom stereocenters. The molecular formula is C27H33FN8. The van der Waals surface area contributed by atoms with E-state index >= 15 is 0 Å². The van der Waals surface area contributed by atoms with Gasteiger partial charge in [-0.3, -0.25) is 4.90 Å². The first-order valence-corrected chi connectivity index (χ1v) is 12.6. The molecule has 0 bridgehead atoms. The van der Waals surface area contributed by atoms with Gasteiger partial charge in [0, 0.05) is 45.0 Å². The second kappa shape index (κ2) is 10.3. The lowest BCUT2D eigenvalue weighted by Crippen LogP contribution is -2.45. The van der Waals surface area contributed by atoms with Crippen molar-refractivity contribution in [1.82, 2.24) is 34.5 Å². The second-order valence-electron chi connectivity index (χ2n) is 9.62. The van der Waals surface area contributed by atoms with Crippen LogP contribution in [0.5, 0.6) is 0 Å². The molecule has 0 radical (unpaired) electrons. The van der Waals surface area contributed by atoms with Crippen molar-refractivity contribution in [3.63, 3.8) is 0 Å². The summed E-state index contributed by atoms with van der Waals surface area (Å²) in [6, 6.07) is 11.4. The molecule has 0 aliphatic carbocycles. The monoisotopic (exact) mass is 488 g/mol. The van der Waals surface area contributed by atoms with Gasteiger partial charge in [-0.05, 0) is 74.8 Å². The summed E-state index contributed by atoms with van der Waals surface area (Å²) in [4.78, 5) is 13.7. The number of anilines is 2. The smallest absolute Gasteiger partial charge is 0.154 e. The predicted octanol–water partition coefficient (Wildman–Crippen LogP) is 4.80. The summed E-state index contributed by atoms with van der Waals surface area (Å²) in [6.07, 6.45) is 1.71. The highest BCUT2D eigenvalue weighted by molar-refractivity contribution is 5.84. The van der Waals surface area contributed by atoms with E-state index in [2.05, 4.69) is 60.6 Å². The lowest BCUT2D eigenvalue weighted by molar-refractivity contribution is 0.130. The average molecular weight is 489 g/mol. The van der Waals surface area contributed by atoms with Crippen molar-refractivity contribution >= 4 is 22.7 Å². The summed E-state index contributed by atoms with van der Waals surface area (Å²) in [7, 11) is 0. The number of aryl methyl sites for hydroxylation is 1. The van der Waals surface area contributed by atoms with Gasteiger partial charge in [0.2, 0.25) is 0 Å². The van der Waals surface area contributed by atoms with Crippen LogP contribution in [-0.2, 0) is 6.54 Å². The van der Waals surface area contributed by atoms with Crippen molar-refractivity contribution in [2.75, 3.05) is 38.0 Å². The van der Waals surface area contributed by atoms with Crippen molar-refractivity contribution in [2.24, 2.45) is 0 Å². The van der Waals surface area contributed by atoms with Gasteiger partial charge in [-0.2, -0.15) is 5.10 Å². The number of imidazole rings is 1. The third-order valence-corrected chi connectivity index (χ3v) is 6.81. The molecular weight excluding hydrogens is 455 g/mol. The molecule has 1 fully saturated rings. The SMILES string of the molecule is CCN1CCN(Cc2ccc(Nc3cc(-c4cc(F)c5nc(C)n(C(C)C)c5c4)ccn3)nn2)CC1. The summed E-state index contributed by atoms with van der Waals surface area (Å²) >= 11 is 0. The average Bonchev–Trinajstić information content (AvgIpc) is 3.22. The number of hydrogen-bond acceptors (Lipinski definition) is 7. The van der Waals surface area contributed by atoms with Gasteiger partial charge in [-0.15, -0.1) is 5.10 Å². The van der Waals surface area contributed by atoms with E-state index in [1.807, 2.05) is 37.3 Å². The van der Waals surface area contributed by atoms with Crippen LogP contribution in [0.4, 0.5) is 16.0 Å². The second-order valence-corrected chi connectivity index (χ2v) is 9.62. The van der Waals surface area contributed by atoms with Crippen LogP contribution in [0, 0.1) is 12.7 Å². The quantitative estimate of drug-likeness (QED) is 0.401. The number of piperazine rings is 1. The van der Waals surface area contributed by atoms with Crippen LogP contribution in [0.15, 0.2) is 42.6 Å². The standard InChI is InChI=1S/C27H33FN8/c1-5-34-10-12-35(13-11-34)17-22-6-7-25(33-32-22)31-26-16-20(8-9-29-26)21-14-23(28)27-24(15-21)36(18(2)3)19(4)30-27/h6-9,14-16,18H,5,10-13,17H2,1-4H3,(H,29,31,33). The molecule has 3 aromatic heterocycles. The normalized spacial score (nSPS) is 15.2. The maximum atomic E-state index is 14.9. The summed E-state index contributed by atoms with van der Waals surface area (Å²) in [6.45, 7) is 14.5. The van der Waals surface area contributed by atoms with Crippen LogP contribution in [0.3, 0.4) is 0 Å². The van der Waals surface area contributed by atoms with Crippen LogP contribution < -0.4 is 5.32 Å². The highest BCUT2D eigenvalue weighted by Gasteiger charge is 2.17. The van der Waals surface area contributed by atoms with Crippen molar-refractivity contribution in [2.45, 2.75) is 40.3 Å². The number of nitrogens with one attached hydrogen (secondary N) is 1. The largest absolute Gasteiger partial charge is 0.326 e. The Hall–Kier alpha value is -3.43. The van der Waals surface area contributed by atoms with E-state index in [4.69, 9.17) is 0 Å². The van der Waals surface area contributed by atoms with Crippen molar-refractivity contribution in [3.8, 4) is 11.1 Å². The molecule has 0 spiro atoms. The Kier molecular flexibility index (Phi) is 6.93. The molecule has 1 aliphatic heterocycles. The zero-order valence-electron chi connectivity index (χ0n) is 21.4. The van der Waals surface area contributed by atoms with E-state index in [1.165, 1.54) is 6.07 Å². The van der Waals surface area contributed by atoms with E-state index < -0.39 is 0 Å². The van der Waals surface area contributed by atoms with Gasteiger partial charge in [0.25, 0.3) is 0 Å². The van der Waals surface area contributed by atoms with Crippen molar-refractivity contribution in [3.05, 3.63) is 59.9 Å². The van der Waals surface area contributed by atoms with Crippen LogP contribution in [0.1, 0.15) is 38.3 Å². The van der Waals surface area contributed by atoms with Gasteiger partial charge in [0.15, 0.2) is 11.6 Å². The predicted molar refractivity (Wildman–Crippen MR) is 141 cm³/mol. The molecule has 8 nitrogen and oxygen atoms in total. The molecule has 9 heteroatoms. The van der Waals surface area contributed by atoms with Crippen LogP contribution in [-0.4, -0.2) is 67.3 Å². The first kappa shape index (κ1) is 24.3. The van der Waals surface area contributed by atoms with E-state index in [1.54, 1.807) is 6.20 Å². The van der Waals surface area contributed by atoms with E-state index in [0.29, 0.717) is 17.2 Å². The fourth-order valence-electron chi connectivity index (χ4n) is 4.90. The maximum Gasteiger partial charge on any atom is 0.154 e. The Morgan fingerprint density at radius 2 is 1.72 bits per heavy atom. The highest BCUT2D eigenvalue weighted by atomic mass is 19.1. The van der Waals surface area contributed by atoms with Gasteiger partial charge in [0.1, 0.15) is 17.2 Å². The minimum absolute atomic E-state index is 0.182. The van der Waals surface area contributed by atoms with E-state index in [0.717, 1.165) is 67.4 Å². The molecule has 0 amide bonds. The number of pyridine rings is 1. The third kappa shape index (κ3) is 5.08. The van der Waals surface area contributed by atoms with Crippen molar-refractivity contribution < 1.29 is 4.39 Å². The zero-order chi connectivity index (χ0) is 25.2. The van der Waals surface area contributed by atoms with Crippen molar-refractivity contribution in [1.29, 1.82) is 0 Å². The molecule has 1 N–H and O–H groups in total. The van der Waals surface area contributed by atoms with E-state index in [9.17, 15) is 4.39 Å². The first-order chi connectivity index (χ1) is 17.4. The van der Waals surface area contributed by atoms with Gasteiger partial charge >= 0.3 is 0 Å². The zero-order valence-corrected chi connectivity index (χ0v) is 21.4. The fourth-order valence-corrected chi connectivity index (χ4v) is 4.90. The molecule has 5 rings (SSSR count). The molecule has 1 aliphatic rings. The highest BCUT2D eigenvalue weighted by Crippen LogP contribution is 2.30. The molecule has 4 aromatic rings. The van der Waals surface area contributed by atoms with Gasteiger partial charge in [0.05, 0.1) is 11.2 Å². The van der Waals surface area contributed by atoms with Crippen LogP contribution >= 0.6 is 0 Å². The number of rotatable bonds is 7. The van der Waals surface area contributed by atoms with E-state index in [-0.39, 0.29) is 11.9 Å². The fraction of sp³-hybridized carbons (Fsp3) is 0.407. The Labute approximate surface area is 211 Å². The number of aromatic nitrogens is 5. The summed E-state index contributed by atoms with van der Waals surface area (Å²) in [5, 5.41) is 12.0. The number of halogens is 1. The van der Waals surface area contributed by atoms with Gasteiger partial charge in [-0.1, -0.05) is 6.92 Å². The first-order valence-electron chi connectivity index (χ1n) is 12.6. The maximum absolute atomic E-state index is 14.9. The minimum atomic E-state index is -0.325. The Bertz CT molecular complexity index is 1340. The Balaban J connectivity index is 1.31. The lowest BCUT2D eigenvalue weighted by Gasteiger charge is -2.33. The molecule has 0 saturated carbocycles. The van der Waals surface area contributed by atoms with Gasteiger partial charge < -0.3 is 14.8 Å². The van der Waals surface area contributed by atoms with Crippen LogP contribution in [0.25, 0.3) is 22.2 Å². The van der Waals surface area contributed by atoms with Crippen LogP contribution in [0.2, 0.25) is 0 Å². The Morgan fingerprint density at radius 3 is 2.42 bits per heavy atom. The third-order valence-electron chi connectivity index (χ3n) is 6.81. The number of nitrogens with zero attached hydrogens (tertiary/aromatic N) is 7. The minimum Gasteiger partial charge on any atom is -0.326 e.